The average molecular weight is 334 g/mol. The minimum absolute atomic E-state index is 0.123. The van der Waals surface area contributed by atoms with Gasteiger partial charge in [0.05, 0.1) is 13.2 Å². The van der Waals surface area contributed by atoms with Gasteiger partial charge in [-0.15, -0.1) is 0 Å². The molecule has 1 heterocycles. The van der Waals surface area contributed by atoms with Gasteiger partial charge in [0.1, 0.15) is 18.8 Å². The van der Waals surface area contributed by atoms with Crippen molar-refractivity contribution in [3.63, 3.8) is 0 Å². The minimum Gasteiger partial charge on any atom is -0.463 e. The van der Waals surface area contributed by atoms with Gasteiger partial charge in [-0.3, -0.25) is 14.4 Å². The first kappa shape index (κ1) is 19.3. The highest BCUT2D eigenvalue weighted by molar-refractivity contribution is 5.67. The highest BCUT2D eigenvalue weighted by atomic mass is 16.7. The van der Waals surface area contributed by atoms with E-state index in [9.17, 15) is 14.4 Å². The van der Waals surface area contributed by atoms with Gasteiger partial charge in [-0.05, 0) is 0 Å². The molecule has 9 nitrogen and oxygen atoms in total. The quantitative estimate of drug-likeness (QED) is 0.339. The maximum Gasteiger partial charge on any atom is 0.305 e. The number of hydrogen-bond donors (Lipinski definition) is 0. The summed E-state index contributed by atoms with van der Waals surface area (Å²) in [6.07, 6.45) is -3.61. The van der Waals surface area contributed by atoms with Crippen LogP contribution in [0.15, 0.2) is 0 Å². The van der Waals surface area contributed by atoms with Crippen LogP contribution >= 0.6 is 0 Å². The van der Waals surface area contributed by atoms with Crippen LogP contribution in [0.5, 0.6) is 0 Å². The molecule has 1 fully saturated rings. The van der Waals surface area contributed by atoms with Gasteiger partial charge in [0, 0.05) is 27.9 Å². The first-order valence-corrected chi connectivity index (χ1v) is 7.09. The summed E-state index contributed by atoms with van der Waals surface area (Å²) in [5, 5.41) is 0. The van der Waals surface area contributed by atoms with E-state index in [0.29, 0.717) is 6.61 Å². The summed E-state index contributed by atoms with van der Waals surface area (Å²) in [5.41, 5.74) is 0. The Morgan fingerprint density at radius 1 is 0.913 bits per heavy atom. The fraction of sp³-hybridized carbons (Fsp3) is 0.786. The molecule has 23 heavy (non-hydrogen) atoms. The summed E-state index contributed by atoms with van der Waals surface area (Å²) in [6, 6.07) is 0. The highest BCUT2D eigenvalue weighted by Crippen LogP contribution is 2.28. The second-order valence-corrected chi connectivity index (χ2v) is 4.86. The van der Waals surface area contributed by atoms with E-state index in [1.807, 2.05) is 0 Å². The van der Waals surface area contributed by atoms with Crippen LogP contribution in [0.1, 0.15) is 20.8 Å². The predicted molar refractivity (Wildman–Crippen MR) is 74.2 cm³/mol. The van der Waals surface area contributed by atoms with Crippen molar-refractivity contribution in [2.24, 2.45) is 0 Å². The Labute approximate surface area is 134 Å². The topological polar surface area (TPSA) is 107 Å². The largest absolute Gasteiger partial charge is 0.463 e. The fourth-order valence-corrected chi connectivity index (χ4v) is 2.07. The van der Waals surface area contributed by atoms with Gasteiger partial charge in [0.25, 0.3) is 0 Å². The molecule has 132 valence electrons. The van der Waals surface area contributed by atoms with Crippen molar-refractivity contribution < 1.29 is 42.8 Å². The van der Waals surface area contributed by atoms with Crippen molar-refractivity contribution in [3.8, 4) is 0 Å². The van der Waals surface area contributed by atoms with E-state index in [1.54, 1.807) is 0 Å². The third-order valence-electron chi connectivity index (χ3n) is 2.90. The third-order valence-corrected chi connectivity index (χ3v) is 2.90. The zero-order valence-corrected chi connectivity index (χ0v) is 13.6. The molecule has 0 bridgehead atoms. The predicted octanol–water partition coefficient (Wildman–Crippen LogP) is -0.199. The van der Waals surface area contributed by atoms with E-state index in [0.717, 1.165) is 0 Å². The van der Waals surface area contributed by atoms with Crippen LogP contribution < -0.4 is 0 Å². The zero-order chi connectivity index (χ0) is 17.4. The standard InChI is InChI=1S/C14H22O9/c1-8(15)20-7-11-12(19-6-5-18-4)13(21-9(2)16)14(23-11)22-10(3)17/h11-14H,5-7H2,1-4H3/t11-,12+,13?,14?/m1/s1. The number of hydrogen-bond acceptors (Lipinski definition) is 9. The van der Waals surface area contributed by atoms with Crippen molar-refractivity contribution in [1.29, 1.82) is 0 Å². The lowest BCUT2D eigenvalue weighted by molar-refractivity contribution is -0.197. The Kier molecular flexibility index (Phi) is 7.93. The third kappa shape index (κ3) is 6.51. The van der Waals surface area contributed by atoms with Crippen LogP contribution in [-0.2, 0) is 42.8 Å². The number of carbonyl (C=O) groups is 3. The van der Waals surface area contributed by atoms with Crippen molar-refractivity contribution >= 4 is 17.9 Å². The molecule has 4 atom stereocenters. The molecular weight excluding hydrogens is 312 g/mol. The molecule has 0 amide bonds. The number of ether oxygens (including phenoxy) is 6. The van der Waals surface area contributed by atoms with E-state index >= 15 is 0 Å². The van der Waals surface area contributed by atoms with Crippen LogP contribution in [0.25, 0.3) is 0 Å². The van der Waals surface area contributed by atoms with Crippen LogP contribution in [-0.4, -0.2) is 69.4 Å². The lowest BCUT2D eigenvalue weighted by Gasteiger charge is -2.23. The minimum atomic E-state index is -1.13. The lowest BCUT2D eigenvalue weighted by Crippen LogP contribution is -2.41. The van der Waals surface area contributed by atoms with Gasteiger partial charge in [-0.1, -0.05) is 0 Å². The molecule has 0 aliphatic carbocycles. The number of methoxy groups -OCH3 is 1. The zero-order valence-electron chi connectivity index (χ0n) is 13.6. The van der Waals surface area contributed by atoms with Crippen LogP contribution in [0, 0.1) is 0 Å². The van der Waals surface area contributed by atoms with E-state index in [-0.39, 0.29) is 13.2 Å². The number of esters is 3. The summed E-state index contributed by atoms with van der Waals surface area (Å²) in [7, 11) is 1.51. The van der Waals surface area contributed by atoms with Crippen molar-refractivity contribution in [2.75, 3.05) is 26.9 Å². The molecule has 0 spiro atoms. The van der Waals surface area contributed by atoms with Crippen LogP contribution in [0.3, 0.4) is 0 Å². The maximum atomic E-state index is 11.3. The second kappa shape index (κ2) is 9.43. The molecule has 0 aromatic carbocycles. The molecule has 0 radical (unpaired) electrons. The smallest absolute Gasteiger partial charge is 0.305 e. The monoisotopic (exact) mass is 334 g/mol. The van der Waals surface area contributed by atoms with Crippen LogP contribution in [0.2, 0.25) is 0 Å². The molecule has 0 saturated carbocycles. The molecule has 9 heteroatoms. The molecule has 0 N–H and O–H groups in total. The molecule has 1 aliphatic rings. The lowest BCUT2D eigenvalue weighted by atomic mass is 10.1. The summed E-state index contributed by atoms with van der Waals surface area (Å²) in [6.45, 7) is 4.06. The Hall–Kier alpha value is -1.71. The normalized spacial score (nSPS) is 26.6. The molecule has 1 saturated heterocycles. The highest BCUT2D eigenvalue weighted by Gasteiger charge is 2.50. The van der Waals surface area contributed by atoms with Crippen molar-refractivity contribution in [2.45, 2.75) is 45.4 Å². The van der Waals surface area contributed by atoms with E-state index in [1.165, 1.54) is 27.9 Å². The van der Waals surface area contributed by atoms with Gasteiger partial charge in [0.15, 0.2) is 6.10 Å². The van der Waals surface area contributed by atoms with Crippen LogP contribution in [0.4, 0.5) is 0 Å². The van der Waals surface area contributed by atoms with Crippen molar-refractivity contribution in [3.05, 3.63) is 0 Å². The van der Waals surface area contributed by atoms with E-state index in [4.69, 9.17) is 28.4 Å². The SMILES string of the molecule is COCCO[C@@H]1C(OC(C)=O)C(OC(C)=O)O[C@@H]1COC(C)=O. The number of carbonyl (C=O) groups excluding carboxylic acids is 3. The average Bonchev–Trinajstić information content (AvgIpc) is 2.73. The second-order valence-electron chi connectivity index (χ2n) is 4.86. The Morgan fingerprint density at radius 2 is 1.57 bits per heavy atom. The fourth-order valence-electron chi connectivity index (χ4n) is 2.07. The van der Waals surface area contributed by atoms with Gasteiger partial charge < -0.3 is 28.4 Å². The summed E-state index contributed by atoms with van der Waals surface area (Å²) in [4.78, 5) is 33.5. The van der Waals surface area contributed by atoms with E-state index < -0.39 is 42.5 Å². The molecular formula is C14H22O9. The number of rotatable bonds is 8. The summed E-state index contributed by atoms with van der Waals surface area (Å²) < 4.78 is 31.1. The first-order valence-electron chi connectivity index (χ1n) is 7.09. The van der Waals surface area contributed by atoms with E-state index in [2.05, 4.69) is 0 Å². The van der Waals surface area contributed by atoms with Crippen molar-refractivity contribution in [1.82, 2.24) is 0 Å². The molecule has 0 aromatic heterocycles. The molecule has 1 aliphatic heterocycles. The maximum absolute atomic E-state index is 11.3. The van der Waals surface area contributed by atoms with Gasteiger partial charge >= 0.3 is 17.9 Å². The Morgan fingerprint density at radius 3 is 2.09 bits per heavy atom. The summed E-state index contributed by atoms with van der Waals surface area (Å²) >= 11 is 0. The molecule has 1 rings (SSSR count). The Balaban J connectivity index is 2.85. The van der Waals surface area contributed by atoms with Gasteiger partial charge in [-0.2, -0.15) is 0 Å². The first-order chi connectivity index (χ1) is 10.8. The van der Waals surface area contributed by atoms with Gasteiger partial charge in [-0.25, -0.2) is 0 Å². The summed E-state index contributed by atoms with van der Waals surface area (Å²) in [5.74, 6) is -1.68. The van der Waals surface area contributed by atoms with Gasteiger partial charge in [0.2, 0.25) is 6.29 Å². The Bertz CT molecular complexity index is 422. The molecule has 0 aromatic rings. The molecule has 2 unspecified atom stereocenters.